The largest absolute Gasteiger partial charge is 0.496 e. The van der Waals surface area contributed by atoms with Gasteiger partial charge in [-0.1, -0.05) is 30.3 Å². The summed E-state index contributed by atoms with van der Waals surface area (Å²) < 4.78 is 8.98. The van der Waals surface area contributed by atoms with Crippen molar-refractivity contribution in [3.63, 3.8) is 0 Å². The van der Waals surface area contributed by atoms with Crippen molar-refractivity contribution in [3.8, 4) is 5.75 Å². The molecule has 2 aromatic carbocycles. The summed E-state index contributed by atoms with van der Waals surface area (Å²) in [5.74, 6) is 0.803. The Balaban J connectivity index is 2.17. The summed E-state index contributed by atoms with van der Waals surface area (Å²) in [4.78, 5) is 12.6. The van der Waals surface area contributed by atoms with Gasteiger partial charge in [-0.25, -0.2) is 4.79 Å². The lowest BCUT2D eigenvalue weighted by molar-refractivity contribution is 0.408. The minimum Gasteiger partial charge on any atom is -0.496 e. The number of imidazole rings is 1. The summed E-state index contributed by atoms with van der Waals surface area (Å²) in [5.41, 5.74) is 2.95. The van der Waals surface area contributed by atoms with Gasteiger partial charge in [0.25, 0.3) is 0 Å². The number of ether oxygens (including phenoxy) is 1. The number of nitrogens with zero attached hydrogens (tertiary/aromatic N) is 2. The fraction of sp³-hybridized carbons (Fsp3) is 0.235. The molecule has 0 spiro atoms. The molecule has 0 amide bonds. The van der Waals surface area contributed by atoms with Gasteiger partial charge >= 0.3 is 5.69 Å². The second-order valence-corrected chi connectivity index (χ2v) is 4.91. The van der Waals surface area contributed by atoms with Crippen LogP contribution < -0.4 is 10.4 Å². The molecule has 0 aliphatic heterocycles. The first-order valence-electron chi connectivity index (χ1n) is 7.06. The highest BCUT2D eigenvalue weighted by Gasteiger charge is 2.13. The van der Waals surface area contributed by atoms with Crippen LogP contribution in [0.1, 0.15) is 12.5 Å². The summed E-state index contributed by atoms with van der Waals surface area (Å²) in [7, 11) is 1.65. The van der Waals surface area contributed by atoms with Crippen LogP contribution in [0.2, 0.25) is 0 Å². The molecule has 3 aromatic rings. The van der Waals surface area contributed by atoms with Gasteiger partial charge < -0.3 is 4.74 Å². The molecular weight excluding hydrogens is 264 g/mol. The third kappa shape index (κ3) is 2.23. The van der Waals surface area contributed by atoms with E-state index in [1.54, 1.807) is 16.2 Å². The van der Waals surface area contributed by atoms with Crippen LogP contribution in [0.25, 0.3) is 11.0 Å². The van der Waals surface area contributed by atoms with E-state index in [2.05, 4.69) is 0 Å². The van der Waals surface area contributed by atoms with Crippen LogP contribution in [0.15, 0.2) is 53.3 Å². The highest BCUT2D eigenvalue weighted by molar-refractivity contribution is 5.76. The summed E-state index contributed by atoms with van der Waals surface area (Å²) >= 11 is 0. The molecule has 0 aliphatic rings. The summed E-state index contributed by atoms with van der Waals surface area (Å²) in [6, 6.07) is 15.7. The molecule has 108 valence electrons. The number of hydrogen-bond donors (Lipinski definition) is 0. The Kier molecular flexibility index (Phi) is 3.52. The molecule has 0 saturated carbocycles. The number of aryl methyl sites for hydroxylation is 1. The molecule has 0 fully saturated rings. The van der Waals surface area contributed by atoms with Crippen molar-refractivity contribution in [2.45, 2.75) is 20.0 Å². The molecule has 4 heteroatoms. The lowest BCUT2D eigenvalue weighted by Gasteiger charge is -2.08. The molecule has 1 aromatic heterocycles. The van der Waals surface area contributed by atoms with Crippen LogP contribution in [0.3, 0.4) is 0 Å². The predicted octanol–water partition coefficient (Wildman–Crippen LogP) is 2.88. The molecular formula is C17H18N2O2. The van der Waals surface area contributed by atoms with Crippen molar-refractivity contribution in [3.05, 3.63) is 64.6 Å². The van der Waals surface area contributed by atoms with E-state index in [1.165, 1.54) is 0 Å². The van der Waals surface area contributed by atoms with Gasteiger partial charge in [-0.15, -0.1) is 0 Å². The van der Waals surface area contributed by atoms with Gasteiger partial charge in [0.2, 0.25) is 0 Å². The second-order valence-electron chi connectivity index (χ2n) is 4.91. The molecule has 1 heterocycles. The molecule has 3 rings (SSSR count). The standard InChI is InChI=1S/C17H18N2O2/c1-3-18-14-9-5-6-10-15(14)19(17(18)20)12-13-8-4-7-11-16(13)21-2/h4-11H,3,12H2,1-2H3. The zero-order valence-corrected chi connectivity index (χ0v) is 12.2. The van der Waals surface area contributed by atoms with Gasteiger partial charge in [-0.2, -0.15) is 0 Å². The quantitative estimate of drug-likeness (QED) is 0.737. The monoisotopic (exact) mass is 282 g/mol. The van der Waals surface area contributed by atoms with Gasteiger partial charge in [-0.3, -0.25) is 9.13 Å². The van der Waals surface area contributed by atoms with Crippen molar-refractivity contribution in [1.29, 1.82) is 0 Å². The van der Waals surface area contributed by atoms with Crippen molar-refractivity contribution >= 4 is 11.0 Å². The first-order valence-corrected chi connectivity index (χ1v) is 7.06. The second kappa shape index (κ2) is 5.48. The van der Waals surface area contributed by atoms with E-state index >= 15 is 0 Å². The fourth-order valence-corrected chi connectivity index (χ4v) is 2.73. The number of methoxy groups -OCH3 is 1. The van der Waals surface area contributed by atoms with Crippen molar-refractivity contribution in [2.24, 2.45) is 0 Å². The Hall–Kier alpha value is -2.49. The van der Waals surface area contributed by atoms with Crippen LogP contribution >= 0.6 is 0 Å². The Morgan fingerprint density at radius 1 is 0.952 bits per heavy atom. The van der Waals surface area contributed by atoms with Gasteiger partial charge in [0, 0.05) is 12.1 Å². The Bertz CT molecular complexity index is 830. The number of para-hydroxylation sites is 3. The summed E-state index contributed by atoms with van der Waals surface area (Å²) in [5, 5.41) is 0. The predicted molar refractivity (Wildman–Crippen MR) is 84.0 cm³/mol. The maximum Gasteiger partial charge on any atom is 0.329 e. The summed E-state index contributed by atoms with van der Waals surface area (Å²) in [6.07, 6.45) is 0. The normalized spacial score (nSPS) is 11.0. The first kappa shape index (κ1) is 13.5. The molecule has 0 atom stereocenters. The van der Waals surface area contributed by atoms with E-state index in [-0.39, 0.29) is 5.69 Å². The van der Waals surface area contributed by atoms with Crippen molar-refractivity contribution < 1.29 is 4.74 Å². The van der Waals surface area contributed by atoms with Crippen LogP contribution in [-0.4, -0.2) is 16.2 Å². The number of aromatic nitrogens is 2. The molecule has 0 unspecified atom stereocenters. The average molecular weight is 282 g/mol. The van der Waals surface area contributed by atoms with E-state index in [0.29, 0.717) is 13.1 Å². The minimum atomic E-state index is 0.0182. The topological polar surface area (TPSA) is 36.2 Å². The fourth-order valence-electron chi connectivity index (χ4n) is 2.73. The maximum absolute atomic E-state index is 12.6. The van der Waals surface area contributed by atoms with E-state index in [9.17, 15) is 4.79 Å². The van der Waals surface area contributed by atoms with Crippen molar-refractivity contribution in [2.75, 3.05) is 7.11 Å². The van der Waals surface area contributed by atoms with Crippen LogP contribution in [0.5, 0.6) is 5.75 Å². The van der Waals surface area contributed by atoms with E-state index in [0.717, 1.165) is 22.3 Å². The van der Waals surface area contributed by atoms with Gasteiger partial charge in [0.15, 0.2) is 0 Å². The molecule has 0 saturated heterocycles. The van der Waals surface area contributed by atoms with Crippen LogP contribution in [0.4, 0.5) is 0 Å². The lowest BCUT2D eigenvalue weighted by atomic mass is 10.2. The number of hydrogen-bond acceptors (Lipinski definition) is 2. The molecule has 0 radical (unpaired) electrons. The van der Waals surface area contributed by atoms with Gasteiger partial charge in [0.1, 0.15) is 5.75 Å². The lowest BCUT2D eigenvalue weighted by Crippen LogP contribution is -2.24. The Morgan fingerprint density at radius 3 is 2.24 bits per heavy atom. The van der Waals surface area contributed by atoms with E-state index < -0.39 is 0 Å². The van der Waals surface area contributed by atoms with Gasteiger partial charge in [-0.05, 0) is 25.1 Å². The van der Waals surface area contributed by atoms with Gasteiger partial charge in [0.05, 0.1) is 24.7 Å². The maximum atomic E-state index is 12.6. The van der Waals surface area contributed by atoms with Crippen LogP contribution in [0, 0.1) is 0 Å². The highest BCUT2D eigenvalue weighted by atomic mass is 16.5. The summed E-state index contributed by atoms with van der Waals surface area (Å²) in [6.45, 7) is 3.16. The smallest absolute Gasteiger partial charge is 0.329 e. The molecule has 0 N–H and O–H groups in total. The highest BCUT2D eigenvalue weighted by Crippen LogP contribution is 2.20. The van der Waals surface area contributed by atoms with Crippen LogP contribution in [-0.2, 0) is 13.1 Å². The molecule has 0 bridgehead atoms. The SMILES string of the molecule is CCn1c(=O)n(Cc2ccccc2OC)c2ccccc21. The third-order valence-electron chi connectivity index (χ3n) is 3.76. The molecule has 4 nitrogen and oxygen atoms in total. The Labute approximate surface area is 123 Å². The third-order valence-corrected chi connectivity index (χ3v) is 3.76. The average Bonchev–Trinajstić information content (AvgIpc) is 2.80. The minimum absolute atomic E-state index is 0.0182. The number of benzene rings is 2. The number of fused-ring (bicyclic) bond motifs is 1. The zero-order valence-electron chi connectivity index (χ0n) is 12.2. The molecule has 0 aliphatic carbocycles. The first-order chi connectivity index (χ1) is 10.3. The van der Waals surface area contributed by atoms with E-state index in [1.807, 2.05) is 55.5 Å². The Morgan fingerprint density at radius 2 is 1.57 bits per heavy atom. The molecule has 21 heavy (non-hydrogen) atoms. The zero-order chi connectivity index (χ0) is 14.8. The number of rotatable bonds is 4. The van der Waals surface area contributed by atoms with Crippen molar-refractivity contribution in [1.82, 2.24) is 9.13 Å². The van der Waals surface area contributed by atoms with E-state index in [4.69, 9.17) is 4.74 Å².